The molecule has 0 aliphatic heterocycles. The standard InChI is InChI=1S/C17H18ClNO4S/c1-4-19(24(21,22)15-9-7-14(18)8-10-15)16-11-13(17(20)23-3)6-5-12(16)2/h5-11H,4H2,1-3H3. The van der Waals surface area contributed by atoms with Gasteiger partial charge in [0.15, 0.2) is 0 Å². The second-order valence-corrected chi connectivity index (χ2v) is 7.42. The summed E-state index contributed by atoms with van der Waals surface area (Å²) < 4.78 is 31.9. The van der Waals surface area contributed by atoms with Gasteiger partial charge in [0.05, 0.1) is 23.3 Å². The van der Waals surface area contributed by atoms with E-state index in [1.54, 1.807) is 26.0 Å². The van der Waals surface area contributed by atoms with Gasteiger partial charge in [0.2, 0.25) is 0 Å². The third-order valence-electron chi connectivity index (χ3n) is 3.59. The Balaban J connectivity index is 2.55. The van der Waals surface area contributed by atoms with Gasteiger partial charge in [-0.05, 0) is 55.8 Å². The molecule has 0 saturated carbocycles. The van der Waals surface area contributed by atoms with Crippen molar-refractivity contribution in [1.29, 1.82) is 0 Å². The number of esters is 1. The van der Waals surface area contributed by atoms with Gasteiger partial charge in [0, 0.05) is 11.6 Å². The van der Waals surface area contributed by atoms with Gasteiger partial charge < -0.3 is 4.74 Å². The van der Waals surface area contributed by atoms with Crippen LogP contribution in [0.5, 0.6) is 0 Å². The number of halogens is 1. The first-order valence-electron chi connectivity index (χ1n) is 7.28. The van der Waals surface area contributed by atoms with Crippen molar-refractivity contribution in [3.05, 3.63) is 58.6 Å². The van der Waals surface area contributed by atoms with E-state index >= 15 is 0 Å². The van der Waals surface area contributed by atoms with Crippen LogP contribution >= 0.6 is 11.6 Å². The highest BCUT2D eigenvalue weighted by molar-refractivity contribution is 7.92. The fourth-order valence-corrected chi connectivity index (χ4v) is 3.98. The highest BCUT2D eigenvalue weighted by Gasteiger charge is 2.25. The van der Waals surface area contributed by atoms with Crippen LogP contribution < -0.4 is 4.31 Å². The third-order valence-corrected chi connectivity index (χ3v) is 5.74. The van der Waals surface area contributed by atoms with Crippen LogP contribution in [0.3, 0.4) is 0 Å². The maximum absolute atomic E-state index is 12.9. The molecule has 0 radical (unpaired) electrons. The second-order valence-electron chi connectivity index (χ2n) is 5.12. The average molecular weight is 368 g/mol. The SMILES string of the molecule is CCN(c1cc(C(=O)OC)ccc1C)S(=O)(=O)c1ccc(Cl)cc1. The average Bonchev–Trinajstić information content (AvgIpc) is 2.56. The molecular formula is C17H18ClNO4S. The minimum absolute atomic E-state index is 0.136. The Bertz CT molecular complexity index is 847. The zero-order valence-electron chi connectivity index (χ0n) is 13.6. The number of ether oxygens (including phenoxy) is 1. The Kier molecular flexibility index (Phi) is 5.51. The molecule has 2 rings (SSSR count). The molecule has 128 valence electrons. The minimum atomic E-state index is -3.77. The van der Waals surface area contributed by atoms with Crippen LogP contribution in [0.25, 0.3) is 0 Å². The smallest absolute Gasteiger partial charge is 0.337 e. The van der Waals surface area contributed by atoms with Gasteiger partial charge in [-0.3, -0.25) is 4.31 Å². The largest absolute Gasteiger partial charge is 0.465 e. The van der Waals surface area contributed by atoms with Crippen molar-refractivity contribution >= 4 is 33.3 Å². The lowest BCUT2D eigenvalue weighted by molar-refractivity contribution is 0.0600. The predicted octanol–water partition coefficient (Wildman–Crippen LogP) is 3.65. The molecule has 0 atom stereocenters. The molecule has 0 aromatic heterocycles. The molecule has 0 spiro atoms. The number of carbonyl (C=O) groups is 1. The summed E-state index contributed by atoms with van der Waals surface area (Å²) in [5.74, 6) is -0.517. The van der Waals surface area contributed by atoms with Crippen molar-refractivity contribution < 1.29 is 17.9 Å². The summed E-state index contributed by atoms with van der Waals surface area (Å²) in [5, 5.41) is 0.459. The van der Waals surface area contributed by atoms with Crippen LogP contribution in [-0.4, -0.2) is 28.0 Å². The number of aryl methyl sites for hydroxylation is 1. The summed E-state index contributed by atoms with van der Waals surface area (Å²) in [6.45, 7) is 3.74. The normalized spacial score (nSPS) is 11.2. The number of benzene rings is 2. The molecule has 0 heterocycles. The van der Waals surface area contributed by atoms with Crippen molar-refractivity contribution in [3.63, 3.8) is 0 Å². The van der Waals surface area contributed by atoms with Crippen LogP contribution in [0.4, 0.5) is 5.69 Å². The fourth-order valence-electron chi connectivity index (χ4n) is 2.33. The van der Waals surface area contributed by atoms with Crippen LogP contribution in [-0.2, 0) is 14.8 Å². The lowest BCUT2D eigenvalue weighted by Gasteiger charge is -2.25. The molecule has 2 aromatic rings. The van der Waals surface area contributed by atoms with E-state index in [-0.39, 0.29) is 11.4 Å². The maximum atomic E-state index is 12.9. The molecule has 5 nitrogen and oxygen atoms in total. The summed E-state index contributed by atoms with van der Waals surface area (Å²) in [6.07, 6.45) is 0. The quantitative estimate of drug-likeness (QED) is 0.757. The minimum Gasteiger partial charge on any atom is -0.465 e. The Hall–Kier alpha value is -2.05. The molecule has 0 amide bonds. The molecule has 7 heteroatoms. The van der Waals surface area contributed by atoms with Crippen molar-refractivity contribution in [1.82, 2.24) is 0 Å². The topological polar surface area (TPSA) is 63.7 Å². The van der Waals surface area contributed by atoms with Crippen LogP contribution in [0.15, 0.2) is 47.4 Å². The molecule has 0 bridgehead atoms. The van der Waals surface area contributed by atoms with E-state index < -0.39 is 16.0 Å². The van der Waals surface area contributed by atoms with Crippen molar-refractivity contribution in [2.75, 3.05) is 18.0 Å². The van der Waals surface area contributed by atoms with Gasteiger partial charge in [-0.2, -0.15) is 0 Å². The lowest BCUT2D eigenvalue weighted by Crippen LogP contribution is -2.31. The van der Waals surface area contributed by atoms with E-state index in [9.17, 15) is 13.2 Å². The summed E-state index contributed by atoms with van der Waals surface area (Å²) in [7, 11) is -2.49. The number of carbonyl (C=O) groups excluding carboxylic acids is 1. The highest BCUT2D eigenvalue weighted by Crippen LogP contribution is 2.28. The Labute approximate surface area is 146 Å². The van der Waals surface area contributed by atoms with E-state index in [1.165, 1.54) is 41.7 Å². The van der Waals surface area contributed by atoms with E-state index in [0.29, 0.717) is 16.3 Å². The number of nitrogens with zero attached hydrogens (tertiary/aromatic N) is 1. The Morgan fingerprint density at radius 2 is 1.79 bits per heavy atom. The summed E-state index contributed by atoms with van der Waals surface area (Å²) in [5.41, 5.74) is 1.47. The molecule has 0 aliphatic rings. The Morgan fingerprint density at radius 1 is 1.17 bits per heavy atom. The first-order chi connectivity index (χ1) is 11.3. The van der Waals surface area contributed by atoms with E-state index in [2.05, 4.69) is 0 Å². The van der Waals surface area contributed by atoms with Crippen LogP contribution in [0, 0.1) is 6.92 Å². The van der Waals surface area contributed by atoms with E-state index in [1.807, 2.05) is 0 Å². The molecule has 0 N–H and O–H groups in total. The number of sulfonamides is 1. The summed E-state index contributed by atoms with van der Waals surface area (Å²) in [6, 6.07) is 10.8. The Morgan fingerprint density at radius 3 is 2.33 bits per heavy atom. The third kappa shape index (κ3) is 3.55. The molecular weight excluding hydrogens is 350 g/mol. The van der Waals surface area contributed by atoms with Gasteiger partial charge >= 0.3 is 5.97 Å². The molecule has 0 fully saturated rings. The van der Waals surface area contributed by atoms with Crippen LogP contribution in [0.1, 0.15) is 22.8 Å². The second kappa shape index (κ2) is 7.23. The first-order valence-corrected chi connectivity index (χ1v) is 9.10. The number of hydrogen-bond donors (Lipinski definition) is 0. The zero-order chi connectivity index (χ0) is 17.9. The first kappa shape index (κ1) is 18.3. The van der Waals surface area contributed by atoms with Crippen molar-refractivity contribution in [2.24, 2.45) is 0 Å². The van der Waals surface area contributed by atoms with Gasteiger partial charge in [-0.1, -0.05) is 17.7 Å². The summed E-state index contributed by atoms with van der Waals surface area (Å²) in [4.78, 5) is 11.9. The maximum Gasteiger partial charge on any atom is 0.337 e. The van der Waals surface area contributed by atoms with Crippen molar-refractivity contribution in [2.45, 2.75) is 18.7 Å². The highest BCUT2D eigenvalue weighted by atomic mass is 35.5. The monoisotopic (exact) mass is 367 g/mol. The lowest BCUT2D eigenvalue weighted by atomic mass is 10.1. The number of hydrogen-bond acceptors (Lipinski definition) is 4. The van der Waals surface area contributed by atoms with Crippen molar-refractivity contribution in [3.8, 4) is 0 Å². The van der Waals surface area contributed by atoms with Gasteiger partial charge in [0.1, 0.15) is 0 Å². The number of methoxy groups -OCH3 is 1. The zero-order valence-corrected chi connectivity index (χ0v) is 15.2. The summed E-state index contributed by atoms with van der Waals surface area (Å²) >= 11 is 5.83. The molecule has 0 saturated heterocycles. The number of rotatable bonds is 5. The fraction of sp³-hybridized carbons (Fsp3) is 0.235. The predicted molar refractivity (Wildman–Crippen MR) is 94.2 cm³/mol. The van der Waals surface area contributed by atoms with E-state index in [0.717, 1.165) is 5.56 Å². The van der Waals surface area contributed by atoms with Gasteiger partial charge in [0.25, 0.3) is 10.0 Å². The molecule has 2 aromatic carbocycles. The number of anilines is 1. The molecule has 24 heavy (non-hydrogen) atoms. The van der Waals surface area contributed by atoms with Gasteiger partial charge in [-0.25, -0.2) is 13.2 Å². The van der Waals surface area contributed by atoms with Crippen LogP contribution in [0.2, 0.25) is 5.02 Å². The van der Waals surface area contributed by atoms with E-state index in [4.69, 9.17) is 16.3 Å². The molecule has 0 unspecified atom stereocenters. The molecule has 0 aliphatic carbocycles. The van der Waals surface area contributed by atoms with Gasteiger partial charge in [-0.15, -0.1) is 0 Å².